The van der Waals surface area contributed by atoms with Gasteiger partial charge in [-0.15, -0.1) is 0 Å². The molecule has 0 amide bonds. The summed E-state index contributed by atoms with van der Waals surface area (Å²) in [6, 6.07) is 1.64. The van der Waals surface area contributed by atoms with Gasteiger partial charge in [0.15, 0.2) is 0 Å². The molecule has 0 aromatic carbocycles. The molecule has 0 unspecified atom stereocenters. The topological polar surface area (TPSA) is 68.3 Å². The predicted octanol–water partition coefficient (Wildman–Crippen LogP) is 1.04. The molecule has 0 saturated heterocycles. The van der Waals surface area contributed by atoms with Crippen molar-refractivity contribution in [2.45, 2.75) is 30.7 Å². The maximum absolute atomic E-state index is 12.2. The van der Waals surface area contributed by atoms with Crippen LogP contribution in [0.4, 0.5) is 5.69 Å². The Kier molecular flexibility index (Phi) is 2.36. The van der Waals surface area contributed by atoms with E-state index in [1.165, 1.54) is 7.11 Å². The zero-order chi connectivity index (χ0) is 12.8. The Bertz CT molecular complexity index is 529. The number of fused-ring (bicyclic) bond motifs is 3. The van der Waals surface area contributed by atoms with Gasteiger partial charge in [-0.2, -0.15) is 0 Å². The Labute approximate surface area is 105 Å². The van der Waals surface area contributed by atoms with E-state index < -0.39 is 5.41 Å². The molecule has 0 radical (unpaired) electrons. The molecule has 1 aromatic heterocycles. The predicted molar refractivity (Wildman–Crippen MR) is 64.2 cm³/mol. The summed E-state index contributed by atoms with van der Waals surface area (Å²) < 4.78 is 4.98. The fourth-order valence-corrected chi connectivity index (χ4v) is 3.13. The summed E-state index contributed by atoms with van der Waals surface area (Å²) in [6.45, 7) is 0. The average molecular weight is 246 g/mol. The van der Waals surface area contributed by atoms with Crippen molar-refractivity contribution in [3.05, 3.63) is 24.0 Å². The number of nitrogens with zero attached hydrogens (tertiary/aromatic N) is 1. The molecule has 1 aromatic rings. The largest absolute Gasteiger partial charge is 0.468 e. The molecule has 3 rings (SSSR count). The second-order valence-corrected chi connectivity index (χ2v) is 4.82. The second-order valence-electron chi connectivity index (χ2n) is 4.82. The van der Waals surface area contributed by atoms with E-state index in [1.807, 2.05) is 6.07 Å². The lowest BCUT2D eigenvalue weighted by molar-refractivity contribution is -0.149. The first-order chi connectivity index (χ1) is 8.68. The van der Waals surface area contributed by atoms with Crippen molar-refractivity contribution >= 4 is 17.4 Å². The van der Waals surface area contributed by atoms with E-state index >= 15 is 0 Å². The highest BCUT2D eigenvalue weighted by Crippen LogP contribution is 2.48. The van der Waals surface area contributed by atoms with Crippen LogP contribution in [0.5, 0.6) is 0 Å². The Balaban J connectivity index is 2.14. The number of anilines is 1. The van der Waals surface area contributed by atoms with Crippen molar-refractivity contribution in [3.8, 4) is 0 Å². The fraction of sp³-hybridized carbons (Fsp3) is 0.462. The number of hydrogen-bond acceptors (Lipinski definition) is 5. The summed E-state index contributed by atoms with van der Waals surface area (Å²) in [6.07, 6.45) is 4.67. The van der Waals surface area contributed by atoms with E-state index in [2.05, 4.69) is 10.3 Å². The number of esters is 1. The van der Waals surface area contributed by atoms with Gasteiger partial charge in [0.2, 0.25) is 0 Å². The van der Waals surface area contributed by atoms with Crippen LogP contribution in [0, 0.1) is 0 Å². The standard InChI is InChI=1S/C13H14N2O3/c1-18-12(17)13-4-2-8(16)6-11(13)15-10-7-14-5-3-9(10)13/h3,5,7,11,15H,2,4,6H2,1H3/t11-,13+/m0/s1. The smallest absolute Gasteiger partial charge is 0.318 e. The minimum atomic E-state index is -0.721. The van der Waals surface area contributed by atoms with Crippen LogP contribution in [0.3, 0.4) is 0 Å². The summed E-state index contributed by atoms with van der Waals surface area (Å²) >= 11 is 0. The second kappa shape index (κ2) is 3.80. The van der Waals surface area contributed by atoms with Crippen LogP contribution in [-0.4, -0.2) is 29.9 Å². The van der Waals surface area contributed by atoms with E-state index in [0.29, 0.717) is 19.3 Å². The number of ether oxygens (including phenoxy) is 1. The van der Waals surface area contributed by atoms with Gasteiger partial charge in [0.1, 0.15) is 11.2 Å². The summed E-state index contributed by atoms with van der Waals surface area (Å²) in [5, 5.41) is 3.24. The number of Topliss-reactive ketones (excluding diaryl/α,β-unsaturated/α-hetero) is 1. The summed E-state index contributed by atoms with van der Waals surface area (Å²) in [5.74, 6) is -0.0785. The number of aromatic nitrogens is 1. The number of rotatable bonds is 1. The van der Waals surface area contributed by atoms with Gasteiger partial charge in [-0.25, -0.2) is 0 Å². The molecule has 5 nitrogen and oxygen atoms in total. The molecule has 94 valence electrons. The van der Waals surface area contributed by atoms with Gasteiger partial charge in [-0.1, -0.05) is 0 Å². The van der Waals surface area contributed by atoms with Crippen molar-refractivity contribution in [2.24, 2.45) is 0 Å². The van der Waals surface area contributed by atoms with E-state index in [1.54, 1.807) is 12.4 Å². The number of nitrogens with one attached hydrogen (secondary N) is 1. The zero-order valence-electron chi connectivity index (χ0n) is 10.1. The molecule has 5 heteroatoms. The van der Waals surface area contributed by atoms with Gasteiger partial charge in [0, 0.05) is 19.0 Å². The minimum Gasteiger partial charge on any atom is -0.468 e. The number of hydrogen-bond donors (Lipinski definition) is 1. The normalized spacial score (nSPS) is 29.2. The maximum Gasteiger partial charge on any atom is 0.318 e. The van der Waals surface area contributed by atoms with Crippen molar-refractivity contribution in [2.75, 3.05) is 12.4 Å². The third-order valence-corrected chi connectivity index (χ3v) is 4.01. The Morgan fingerprint density at radius 3 is 3.22 bits per heavy atom. The average Bonchev–Trinajstić information content (AvgIpc) is 2.72. The SMILES string of the molecule is COC(=O)[C@@]12CCC(=O)C[C@@H]1Nc1cnccc12. The molecule has 1 aliphatic carbocycles. The molecule has 0 bridgehead atoms. The van der Waals surface area contributed by atoms with Gasteiger partial charge < -0.3 is 10.1 Å². The van der Waals surface area contributed by atoms with Crippen LogP contribution < -0.4 is 5.32 Å². The Hall–Kier alpha value is -1.91. The monoisotopic (exact) mass is 246 g/mol. The molecular weight excluding hydrogens is 232 g/mol. The molecule has 0 spiro atoms. The maximum atomic E-state index is 12.2. The summed E-state index contributed by atoms with van der Waals surface area (Å²) in [4.78, 5) is 27.9. The van der Waals surface area contributed by atoms with Crippen LogP contribution in [0.25, 0.3) is 0 Å². The van der Waals surface area contributed by atoms with Gasteiger partial charge in [-0.3, -0.25) is 14.6 Å². The van der Waals surface area contributed by atoms with Crippen LogP contribution in [0.2, 0.25) is 0 Å². The molecule has 2 atom stereocenters. The van der Waals surface area contributed by atoms with Crippen molar-refractivity contribution in [1.29, 1.82) is 0 Å². The Morgan fingerprint density at radius 2 is 2.44 bits per heavy atom. The van der Waals surface area contributed by atoms with Crippen molar-refractivity contribution in [3.63, 3.8) is 0 Å². The number of carbonyl (C=O) groups is 2. The molecule has 1 saturated carbocycles. The lowest BCUT2D eigenvalue weighted by Crippen LogP contribution is -2.50. The van der Waals surface area contributed by atoms with Crippen molar-refractivity contribution in [1.82, 2.24) is 4.98 Å². The molecule has 1 fully saturated rings. The highest BCUT2D eigenvalue weighted by atomic mass is 16.5. The van der Waals surface area contributed by atoms with Crippen molar-refractivity contribution < 1.29 is 14.3 Å². The number of methoxy groups -OCH3 is 1. The number of pyridine rings is 1. The highest BCUT2D eigenvalue weighted by Gasteiger charge is 2.56. The quantitative estimate of drug-likeness (QED) is 0.750. The van der Waals surface area contributed by atoms with Crippen LogP contribution in [0.15, 0.2) is 18.5 Å². The third kappa shape index (κ3) is 1.30. The Morgan fingerprint density at radius 1 is 1.61 bits per heavy atom. The van der Waals surface area contributed by atoms with Gasteiger partial charge in [0.25, 0.3) is 0 Å². The summed E-state index contributed by atoms with van der Waals surface area (Å²) in [7, 11) is 1.39. The molecule has 18 heavy (non-hydrogen) atoms. The van der Waals surface area contributed by atoms with Gasteiger partial charge >= 0.3 is 5.97 Å². The molecule has 2 heterocycles. The molecule has 2 aliphatic rings. The summed E-state index contributed by atoms with van der Waals surface area (Å²) in [5.41, 5.74) is 1.02. The first-order valence-electron chi connectivity index (χ1n) is 5.99. The van der Waals surface area contributed by atoms with Gasteiger partial charge in [-0.05, 0) is 18.1 Å². The molecular formula is C13H14N2O3. The van der Waals surface area contributed by atoms with Gasteiger partial charge in [0.05, 0.1) is 25.0 Å². The third-order valence-electron chi connectivity index (χ3n) is 4.01. The first-order valence-corrected chi connectivity index (χ1v) is 5.99. The minimum absolute atomic E-state index is 0.188. The zero-order valence-corrected chi connectivity index (χ0v) is 10.1. The first kappa shape index (κ1) is 11.2. The molecule has 1 N–H and O–H groups in total. The lowest BCUT2D eigenvalue weighted by Gasteiger charge is -2.36. The number of carbonyl (C=O) groups excluding carboxylic acids is 2. The van der Waals surface area contributed by atoms with Crippen LogP contribution in [0.1, 0.15) is 24.8 Å². The highest BCUT2D eigenvalue weighted by molar-refractivity contribution is 5.94. The van der Waals surface area contributed by atoms with E-state index in [-0.39, 0.29) is 17.8 Å². The molecule has 1 aliphatic heterocycles. The van der Waals surface area contributed by atoms with Crippen LogP contribution >= 0.6 is 0 Å². The van der Waals surface area contributed by atoms with Crippen LogP contribution in [-0.2, 0) is 19.7 Å². The lowest BCUT2D eigenvalue weighted by atomic mass is 9.68. The van der Waals surface area contributed by atoms with E-state index in [0.717, 1.165) is 11.3 Å². The van der Waals surface area contributed by atoms with E-state index in [4.69, 9.17) is 4.74 Å². The number of ketones is 1. The fourth-order valence-electron chi connectivity index (χ4n) is 3.13. The van der Waals surface area contributed by atoms with E-state index in [9.17, 15) is 9.59 Å².